The van der Waals surface area contributed by atoms with Crippen LogP contribution >= 0.6 is 15.9 Å². The molecule has 0 rings (SSSR count). The van der Waals surface area contributed by atoms with E-state index in [1.807, 2.05) is 20.8 Å². The molecule has 0 aliphatic carbocycles. The highest BCUT2D eigenvalue weighted by Gasteiger charge is 2.12. The average Bonchev–Trinajstić information content (AvgIpc) is 1.59. The second-order valence-electron chi connectivity index (χ2n) is 3.24. The van der Waals surface area contributed by atoms with Crippen molar-refractivity contribution in [3.05, 3.63) is 0 Å². The van der Waals surface area contributed by atoms with Crippen molar-refractivity contribution in [2.75, 3.05) is 5.33 Å². The number of hydrogen-bond donors (Lipinski definition) is 1. The fourth-order valence-electron chi connectivity index (χ4n) is 0.567. The first-order valence-corrected chi connectivity index (χ1v) is 4.45. The van der Waals surface area contributed by atoms with Crippen LogP contribution in [-0.2, 0) is 4.79 Å². The fourth-order valence-corrected chi connectivity index (χ4v) is 0.927. The first-order valence-electron chi connectivity index (χ1n) is 3.32. The van der Waals surface area contributed by atoms with Gasteiger partial charge in [0.2, 0.25) is 5.91 Å². The zero-order valence-electron chi connectivity index (χ0n) is 6.70. The van der Waals surface area contributed by atoms with E-state index < -0.39 is 0 Å². The molecule has 1 N–H and O–H groups in total. The van der Waals surface area contributed by atoms with Gasteiger partial charge in [0.05, 0.1) is 0 Å². The van der Waals surface area contributed by atoms with E-state index in [0.29, 0.717) is 6.42 Å². The van der Waals surface area contributed by atoms with Crippen molar-refractivity contribution in [2.45, 2.75) is 32.7 Å². The highest BCUT2D eigenvalue weighted by Crippen LogP contribution is 1.99. The molecule has 0 aliphatic rings. The van der Waals surface area contributed by atoms with Gasteiger partial charge in [0.25, 0.3) is 0 Å². The van der Waals surface area contributed by atoms with Gasteiger partial charge in [-0.15, -0.1) is 0 Å². The van der Waals surface area contributed by atoms with Crippen molar-refractivity contribution in [1.82, 2.24) is 5.32 Å². The summed E-state index contributed by atoms with van der Waals surface area (Å²) in [6.07, 6.45) is 0.553. The molecule has 2 nitrogen and oxygen atoms in total. The summed E-state index contributed by atoms with van der Waals surface area (Å²) in [5.74, 6) is 0.101. The predicted molar refractivity (Wildman–Crippen MR) is 46.3 cm³/mol. The van der Waals surface area contributed by atoms with E-state index >= 15 is 0 Å². The average molecular weight is 208 g/mol. The Hall–Kier alpha value is -0.0500. The third-order valence-corrected chi connectivity index (χ3v) is 1.23. The molecule has 0 aliphatic heterocycles. The van der Waals surface area contributed by atoms with Crippen LogP contribution in [0.2, 0.25) is 0 Å². The first-order chi connectivity index (χ1) is 4.45. The second-order valence-corrected chi connectivity index (χ2v) is 4.03. The van der Waals surface area contributed by atoms with E-state index in [0.717, 1.165) is 5.33 Å². The molecule has 0 aromatic heterocycles. The van der Waals surface area contributed by atoms with Gasteiger partial charge in [0.1, 0.15) is 0 Å². The van der Waals surface area contributed by atoms with Gasteiger partial charge in [-0.2, -0.15) is 0 Å². The fraction of sp³-hybridized carbons (Fsp3) is 0.857. The van der Waals surface area contributed by atoms with E-state index in [9.17, 15) is 4.79 Å². The number of carbonyl (C=O) groups is 1. The third-order valence-electron chi connectivity index (χ3n) is 0.836. The molecule has 10 heavy (non-hydrogen) atoms. The molecule has 0 bridgehead atoms. The van der Waals surface area contributed by atoms with Crippen LogP contribution in [0.5, 0.6) is 0 Å². The maximum absolute atomic E-state index is 10.9. The Labute approximate surface area is 70.5 Å². The second kappa shape index (κ2) is 3.96. The van der Waals surface area contributed by atoms with Crippen LogP contribution in [0.1, 0.15) is 27.2 Å². The summed E-state index contributed by atoms with van der Waals surface area (Å²) >= 11 is 3.20. The maximum Gasteiger partial charge on any atom is 0.221 e. The summed E-state index contributed by atoms with van der Waals surface area (Å²) in [6.45, 7) is 5.91. The molecule has 0 saturated heterocycles. The van der Waals surface area contributed by atoms with Gasteiger partial charge in [-0.05, 0) is 20.8 Å². The Morgan fingerprint density at radius 3 is 2.30 bits per heavy atom. The molecule has 3 heteroatoms. The molecule has 0 atom stereocenters. The maximum atomic E-state index is 10.9. The normalized spacial score (nSPS) is 11.2. The Morgan fingerprint density at radius 1 is 1.50 bits per heavy atom. The summed E-state index contributed by atoms with van der Waals surface area (Å²) in [6, 6.07) is 0. The number of halogens is 1. The largest absolute Gasteiger partial charge is 0.351 e. The minimum atomic E-state index is -0.0980. The topological polar surface area (TPSA) is 29.1 Å². The van der Waals surface area contributed by atoms with Crippen molar-refractivity contribution in [2.24, 2.45) is 0 Å². The minimum Gasteiger partial charge on any atom is -0.351 e. The van der Waals surface area contributed by atoms with Gasteiger partial charge in [0, 0.05) is 17.3 Å². The van der Waals surface area contributed by atoms with E-state index in [1.54, 1.807) is 0 Å². The minimum absolute atomic E-state index is 0.0980. The van der Waals surface area contributed by atoms with Crippen LogP contribution in [0.4, 0.5) is 0 Å². The van der Waals surface area contributed by atoms with Crippen molar-refractivity contribution in [3.63, 3.8) is 0 Å². The molecule has 0 heterocycles. The van der Waals surface area contributed by atoms with Gasteiger partial charge in [-0.1, -0.05) is 15.9 Å². The van der Waals surface area contributed by atoms with Crippen molar-refractivity contribution >= 4 is 21.8 Å². The van der Waals surface area contributed by atoms with Crippen LogP contribution < -0.4 is 5.32 Å². The van der Waals surface area contributed by atoms with Crippen LogP contribution in [0.15, 0.2) is 0 Å². The van der Waals surface area contributed by atoms with Crippen molar-refractivity contribution in [1.29, 1.82) is 0 Å². The number of carbonyl (C=O) groups excluding carboxylic acids is 1. The Kier molecular flexibility index (Phi) is 3.94. The standard InChI is InChI=1S/C7H14BrNO/c1-7(2,3)9-6(10)4-5-8/h4-5H2,1-3H3,(H,9,10). The number of rotatable bonds is 2. The van der Waals surface area contributed by atoms with E-state index in [4.69, 9.17) is 0 Å². The van der Waals surface area contributed by atoms with Crippen LogP contribution in [-0.4, -0.2) is 16.8 Å². The Morgan fingerprint density at radius 2 is 2.00 bits per heavy atom. The quantitative estimate of drug-likeness (QED) is 0.687. The number of hydrogen-bond acceptors (Lipinski definition) is 1. The lowest BCUT2D eigenvalue weighted by molar-refractivity contribution is -0.122. The molecule has 1 amide bonds. The van der Waals surface area contributed by atoms with Gasteiger partial charge in [-0.25, -0.2) is 0 Å². The molecule has 0 fully saturated rings. The molecule has 0 saturated carbocycles. The molecule has 0 aromatic rings. The molecule has 0 unspecified atom stereocenters. The summed E-state index contributed by atoms with van der Waals surface area (Å²) in [5, 5.41) is 3.58. The lowest BCUT2D eigenvalue weighted by Gasteiger charge is -2.19. The Bertz CT molecular complexity index is 117. The highest BCUT2D eigenvalue weighted by molar-refractivity contribution is 9.09. The van der Waals surface area contributed by atoms with Crippen molar-refractivity contribution < 1.29 is 4.79 Å². The van der Waals surface area contributed by atoms with Gasteiger partial charge in [0.15, 0.2) is 0 Å². The van der Waals surface area contributed by atoms with Crippen LogP contribution in [0, 0.1) is 0 Å². The molecular weight excluding hydrogens is 194 g/mol. The smallest absolute Gasteiger partial charge is 0.221 e. The zero-order chi connectivity index (χ0) is 8.20. The summed E-state index contributed by atoms with van der Waals surface area (Å²) in [7, 11) is 0. The molecule has 0 radical (unpaired) electrons. The monoisotopic (exact) mass is 207 g/mol. The van der Waals surface area contributed by atoms with Crippen LogP contribution in [0.3, 0.4) is 0 Å². The molecule has 60 valence electrons. The number of amides is 1. The van der Waals surface area contributed by atoms with E-state index in [-0.39, 0.29) is 11.4 Å². The highest BCUT2D eigenvalue weighted by atomic mass is 79.9. The van der Waals surface area contributed by atoms with Gasteiger partial charge < -0.3 is 5.32 Å². The predicted octanol–water partition coefficient (Wildman–Crippen LogP) is 1.69. The van der Waals surface area contributed by atoms with Gasteiger partial charge in [-0.3, -0.25) is 4.79 Å². The number of alkyl halides is 1. The summed E-state index contributed by atoms with van der Waals surface area (Å²) in [4.78, 5) is 10.9. The van der Waals surface area contributed by atoms with E-state index in [2.05, 4.69) is 21.2 Å². The summed E-state index contributed by atoms with van der Waals surface area (Å²) < 4.78 is 0. The lowest BCUT2D eigenvalue weighted by atomic mass is 10.1. The summed E-state index contributed by atoms with van der Waals surface area (Å²) in [5.41, 5.74) is -0.0980. The van der Waals surface area contributed by atoms with Crippen molar-refractivity contribution in [3.8, 4) is 0 Å². The van der Waals surface area contributed by atoms with Crippen LogP contribution in [0.25, 0.3) is 0 Å². The molecule has 0 spiro atoms. The Balaban J connectivity index is 3.58. The third kappa shape index (κ3) is 6.08. The first kappa shape index (κ1) is 9.95. The molecular formula is C7H14BrNO. The molecule has 0 aromatic carbocycles. The van der Waals surface area contributed by atoms with E-state index in [1.165, 1.54) is 0 Å². The zero-order valence-corrected chi connectivity index (χ0v) is 8.29. The SMILES string of the molecule is CC(C)(C)NC(=O)CCBr. The lowest BCUT2D eigenvalue weighted by Crippen LogP contribution is -2.40. The van der Waals surface area contributed by atoms with Gasteiger partial charge >= 0.3 is 0 Å². The number of nitrogens with one attached hydrogen (secondary N) is 1.